The fourth-order valence-corrected chi connectivity index (χ4v) is 9.73. The SMILES string of the molecule is CO[C@H]1[C@@H]2CO[C@@]1(CO[Si](c1ccccc1)(c1ccccc1)C(C)(C)C)[C@H](C)O2. The van der Waals surface area contributed by atoms with Gasteiger partial charge in [-0.05, 0) is 22.3 Å². The summed E-state index contributed by atoms with van der Waals surface area (Å²) in [7, 11) is -0.883. The lowest BCUT2D eigenvalue weighted by Gasteiger charge is -2.45. The Hall–Kier alpha value is -1.50. The molecule has 0 radical (unpaired) electrons. The average molecular weight is 413 g/mol. The molecule has 2 aliphatic heterocycles. The van der Waals surface area contributed by atoms with Crippen molar-refractivity contribution in [3.05, 3.63) is 60.7 Å². The van der Waals surface area contributed by atoms with Crippen molar-refractivity contribution < 1.29 is 18.6 Å². The van der Waals surface area contributed by atoms with Gasteiger partial charge in [0.1, 0.15) is 17.8 Å². The van der Waals surface area contributed by atoms with E-state index in [1.807, 2.05) is 0 Å². The molecule has 2 aromatic rings. The van der Waals surface area contributed by atoms with E-state index in [1.165, 1.54) is 10.4 Å². The van der Waals surface area contributed by atoms with Gasteiger partial charge in [0.25, 0.3) is 8.32 Å². The van der Waals surface area contributed by atoms with Crippen LogP contribution in [-0.2, 0) is 18.6 Å². The summed E-state index contributed by atoms with van der Waals surface area (Å²) in [4.78, 5) is 0. The highest BCUT2D eigenvalue weighted by molar-refractivity contribution is 6.99. The molecule has 5 heteroatoms. The van der Waals surface area contributed by atoms with Gasteiger partial charge in [0, 0.05) is 7.11 Å². The summed E-state index contributed by atoms with van der Waals surface area (Å²) in [5, 5.41) is 2.46. The fraction of sp³-hybridized carbons (Fsp3) is 0.500. The molecule has 2 fully saturated rings. The lowest BCUT2D eigenvalue weighted by molar-refractivity contribution is -0.159. The average Bonchev–Trinajstić information content (AvgIpc) is 3.19. The lowest BCUT2D eigenvalue weighted by Crippen LogP contribution is -2.68. The molecule has 29 heavy (non-hydrogen) atoms. The Morgan fingerprint density at radius 1 is 1.00 bits per heavy atom. The maximum atomic E-state index is 7.13. The molecule has 0 unspecified atom stereocenters. The third-order valence-corrected chi connectivity index (χ3v) is 11.6. The summed E-state index contributed by atoms with van der Waals surface area (Å²) < 4.78 is 25.3. The van der Waals surface area contributed by atoms with E-state index in [-0.39, 0.29) is 23.4 Å². The van der Waals surface area contributed by atoms with Crippen LogP contribution in [0.15, 0.2) is 60.7 Å². The van der Waals surface area contributed by atoms with E-state index in [1.54, 1.807) is 7.11 Å². The minimum atomic E-state index is -2.62. The molecular weight excluding hydrogens is 380 g/mol. The summed E-state index contributed by atoms with van der Waals surface area (Å²) in [5.74, 6) is 0. The highest BCUT2D eigenvalue weighted by Crippen LogP contribution is 2.44. The first-order valence-corrected chi connectivity index (χ1v) is 12.3. The van der Waals surface area contributed by atoms with Crippen molar-refractivity contribution >= 4 is 18.7 Å². The molecule has 0 N–H and O–H groups in total. The fourth-order valence-electron chi connectivity index (χ4n) is 5.13. The Balaban J connectivity index is 1.79. The van der Waals surface area contributed by atoms with Crippen molar-refractivity contribution in [3.63, 3.8) is 0 Å². The van der Waals surface area contributed by atoms with Crippen LogP contribution in [0.5, 0.6) is 0 Å². The zero-order valence-electron chi connectivity index (χ0n) is 18.1. The number of rotatable bonds is 6. The van der Waals surface area contributed by atoms with Crippen molar-refractivity contribution in [3.8, 4) is 0 Å². The molecule has 2 aliphatic rings. The Bertz CT molecular complexity index is 780. The van der Waals surface area contributed by atoms with E-state index in [0.29, 0.717) is 13.2 Å². The van der Waals surface area contributed by atoms with Gasteiger partial charge in [-0.25, -0.2) is 0 Å². The van der Waals surface area contributed by atoms with E-state index >= 15 is 0 Å². The Morgan fingerprint density at radius 2 is 1.55 bits per heavy atom. The number of hydrogen-bond acceptors (Lipinski definition) is 4. The van der Waals surface area contributed by atoms with Crippen LogP contribution < -0.4 is 10.4 Å². The Labute approximate surface area is 175 Å². The predicted molar refractivity (Wildman–Crippen MR) is 117 cm³/mol. The topological polar surface area (TPSA) is 36.9 Å². The molecular formula is C24H32O4Si. The minimum absolute atomic E-state index is 0.0160. The van der Waals surface area contributed by atoms with Gasteiger partial charge < -0.3 is 18.6 Å². The van der Waals surface area contributed by atoms with Crippen molar-refractivity contribution in [1.82, 2.24) is 0 Å². The second kappa shape index (κ2) is 7.64. The number of fused-ring (bicyclic) bond motifs is 2. The van der Waals surface area contributed by atoms with E-state index < -0.39 is 13.9 Å². The van der Waals surface area contributed by atoms with Crippen LogP contribution in [0.3, 0.4) is 0 Å². The van der Waals surface area contributed by atoms with Crippen molar-refractivity contribution in [2.75, 3.05) is 20.3 Å². The third-order valence-electron chi connectivity index (χ3n) is 6.59. The second-order valence-corrected chi connectivity index (χ2v) is 13.5. The van der Waals surface area contributed by atoms with E-state index in [9.17, 15) is 0 Å². The molecule has 0 saturated carbocycles. The van der Waals surface area contributed by atoms with Crippen molar-refractivity contribution in [1.29, 1.82) is 0 Å². The summed E-state index contributed by atoms with van der Waals surface area (Å²) in [6.45, 7) is 9.95. The molecule has 2 bridgehead atoms. The lowest BCUT2D eigenvalue weighted by atomic mass is 9.94. The zero-order chi connectivity index (χ0) is 20.7. The molecule has 0 aromatic heterocycles. The maximum Gasteiger partial charge on any atom is 0.261 e. The van der Waals surface area contributed by atoms with Crippen molar-refractivity contribution in [2.24, 2.45) is 0 Å². The second-order valence-electron chi connectivity index (χ2n) is 9.19. The molecule has 0 aliphatic carbocycles. The van der Waals surface area contributed by atoms with Gasteiger partial charge >= 0.3 is 0 Å². The predicted octanol–water partition coefficient (Wildman–Crippen LogP) is 3.13. The summed E-state index contributed by atoms with van der Waals surface area (Å²) in [6.07, 6.45) is -0.183. The highest BCUT2D eigenvalue weighted by atomic mass is 28.4. The van der Waals surface area contributed by atoms with Crippen LogP contribution in [-0.4, -0.2) is 52.6 Å². The van der Waals surface area contributed by atoms with Crippen LogP contribution in [0.1, 0.15) is 27.7 Å². The summed E-state index contributed by atoms with van der Waals surface area (Å²) >= 11 is 0. The van der Waals surface area contributed by atoms with E-state index in [0.717, 1.165) is 0 Å². The monoisotopic (exact) mass is 412 g/mol. The summed E-state index contributed by atoms with van der Waals surface area (Å²) in [5.41, 5.74) is -0.563. The number of hydrogen-bond donors (Lipinski definition) is 0. The Kier molecular flexibility index (Phi) is 5.47. The first-order chi connectivity index (χ1) is 13.8. The molecule has 2 heterocycles. The molecule has 0 amide bonds. The molecule has 4 atom stereocenters. The summed E-state index contributed by atoms with van der Waals surface area (Å²) in [6, 6.07) is 21.4. The van der Waals surface area contributed by atoms with Crippen LogP contribution in [0, 0.1) is 0 Å². The molecule has 0 spiro atoms. The molecule has 2 aromatic carbocycles. The first kappa shape index (κ1) is 20.8. The smallest absolute Gasteiger partial charge is 0.261 e. The van der Waals surface area contributed by atoms with Gasteiger partial charge in [-0.2, -0.15) is 0 Å². The largest absolute Gasteiger partial charge is 0.404 e. The molecule has 156 valence electrons. The van der Waals surface area contributed by atoms with Gasteiger partial charge in [0.05, 0.1) is 19.3 Å². The van der Waals surface area contributed by atoms with Crippen molar-refractivity contribution in [2.45, 2.75) is 56.6 Å². The third kappa shape index (κ3) is 3.20. The highest BCUT2D eigenvalue weighted by Gasteiger charge is 2.63. The number of methoxy groups -OCH3 is 1. The van der Waals surface area contributed by atoms with Crippen LogP contribution in [0.2, 0.25) is 5.04 Å². The molecule has 2 saturated heterocycles. The van der Waals surface area contributed by atoms with E-state index in [4.69, 9.17) is 18.6 Å². The zero-order valence-corrected chi connectivity index (χ0v) is 19.1. The van der Waals surface area contributed by atoms with Gasteiger partial charge in [0.15, 0.2) is 0 Å². The van der Waals surface area contributed by atoms with Gasteiger partial charge in [-0.1, -0.05) is 81.4 Å². The quantitative estimate of drug-likeness (QED) is 0.683. The maximum absolute atomic E-state index is 7.13. The van der Waals surface area contributed by atoms with Gasteiger partial charge in [-0.15, -0.1) is 0 Å². The normalized spacial score (nSPS) is 29.3. The van der Waals surface area contributed by atoms with Crippen LogP contribution >= 0.6 is 0 Å². The molecule has 4 rings (SSSR count). The number of ether oxygens (including phenoxy) is 3. The number of benzene rings is 2. The molecule has 4 nitrogen and oxygen atoms in total. The van der Waals surface area contributed by atoms with Crippen LogP contribution in [0.25, 0.3) is 0 Å². The first-order valence-electron chi connectivity index (χ1n) is 10.4. The minimum Gasteiger partial charge on any atom is -0.404 e. The van der Waals surface area contributed by atoms with Crippen LogP contribution in [0.4, 0.5) is 0 Å². The van der Waals surface area contributed by atoms with E-state index in [2.05, 4.69) is 88.4 Å². The standard InChI is InChI=1S/C24H32O4Si/c1-18-24(22(25-5)21(28-18)16-26-24)17-27-29(23(2,3)4,19-12-8-6-9-13-19)20-14-10-7-11-15-20/h6-15,18,21-22H,16-17H2,1-5H3/t18-,21-,22-,24-/m0/s1. The Morgan fingerprint density at radius 3 is 2.00 bits per heavy atom. The van der Waals surface area contributed by atoms with Gasteiger partial charge in [0.2, 0.25) is 0 Å². The van der Waals surface area contributed by atoms with Gasteiger partial charge in [-0.3, -0.25) is 0 Å².